The van der Waals surface area contributed by atoms with Gasteiger partial charge >= 0.3 is 0 Å². The summed E-state index contributed by atoms with van der Waals surface area (Å²) < 4.78 is 1.79. The minimum Gasteiger partial charge on any atom is -0.339 e. The number of aromatic amines is 1. The summed E-state index contributed by atoms with van der Waals surface area (Å²) in [6.07, 6.45) is 6.47. The Morgan fingerprint density at radius 2 is 1.96 bits per heavy atom. The normalized spacial score (nSPS) is 11.0. The molecule has 1 aromatic carbocycles. The van der Waals surface area contributed by atoms with E-state index >= 15 is 0 Å². The number of aromatic nitrogens is 4. The van der Waals surface area contributed by atoms with Crippen LogP contribution in [0.15, 0.2) is 55.0 Å². The number of hydrogen-bond acceptors (Lipinski definition) is 3. The van der Waals surface area contributed by atoms with Crippen LogP contribution in [0.5, 0.6) is 0 Å². The maximum atomic E-state index is 10.8. The number of nitrogens with zero attached hydrogens (tertiary/aromatic N) is 3. The molecule has 1 N–H and O–H groups in total. The lowest BCUT2D eigenvalue weighted by atomic mass is 10.1. The highest BCUT2D eigenvalue weighted by molar-refractivity contribution is 5.96. The fourth-order valence-corrected chi connectivity index (χ4v) is 2.74. The van der Waals surface area contributed by atoms with Crippen molar-refractivity contribution >= 4 is 17.3 Å². The summed E-state index contributed by atoms with van der Waals surface area (Å²) in [4.78, 5) is 18.5. The molecular weight excluding hydrogens is 288 g/mol. The van der Waals surface area contributed by atoms with E-state index in [9.17, 15) is 4.79 Å². The predicted octanol–water partition coefficient (Wildman–Crippen LogP) is 3.44. The Bertz CT molecular complexity index is 995. The molecule has 3 aromatic heterocycles. The van der Waals surface area contributed by atoms with Crippen molar-refractivity contribution in [2.75, 3.05) is 0 Å². The summed E-state index contributed by atoms with van der Waals surface area (Å²) in [6.45, 7) is 0. The minimum absolute atomic E-state index is 0.666. The third-order valence-corrected chi connectivity index (χ3v) is 3.91. The van der Waals surface area contributed by atoms with Crippen molar-refractivity contribution in [2.24, 2.45) is 7.05 Å². The molecule has 0 atom stereocenters. The zero-order chi connectivity index (χ0) is 15.8. The standard InChI is InChI=1S/C18H14N4O/c1-22-10-14(9-20-22)15-6-7-19-18-16(15)8-17(21-18)13-4-2-12(11-23)3-5-13/h2-11H,1H3,(H,19,21). The molecule has 0 fully saturated rings. The van der Waals surface area contributed by atoms with Gasteiger partial charge in [0.1, 0.15) is 11.9 Å². The Hall–Kier alpha value is -3.21. The van der Waals surface area contributed by atoms with E-state index in [0.29, 0.717) is 5.56 Å². The van der Waals surface area contributed by atoms with Crippen molar-refractivity contribution in [3.8, 4) is 22.4 Å². The second-order valence-electron chi connectivity index (χ2n) is 5.45. The molecule has 4 rings (SSSR count). The number of H-pyrrole nitrogens is 1. The monoisotopic (exact) mass is 302 g/mol. The number of nitrogens with one attached hydrogen (secondary N) is 1. The molecule has 0 aliphatic heterocycles. The van der Waals surface area contributed by atoms with Gasteiger partial charge in [-0.2, -0.15) is 5.10 Å². The van der Waals surface area contributed by atoms with Crippen molar-refractivity contribution in [2.45, 2.75) is 0 Å². The van der Waals surface area contributed by atoms with Crippen molar-refractivity contribution in [3.63, 3.8) is 0 Å². The number of hydrogen-bond donors (Lipinski definition) is 1. The Morgan fingerprint density at radius 1 is 1.13 bits per heavy atom. The van der Waals surface area contributed by atoms with Gasteiger partial charge in [-0.05, 0) is 23.3 Å². The molecule has 0 aliphatic rings. The highest BCUT2D eigenvalue weighted by atomic mass is 16.1. The number of carbonyl (C=O) groups excluding carboxylic acids is 1. The van der Waals surface area contributed by atoms with Gasteiger partial charge in [0.2, 0.25) is 0 Å². The lowest BCUT2D eigenvalue weighted by molar-refractivity contribution is 0.112. The molecule has 0 saturated heterocycles. The molecule has 0 spiro atoms. The molecule has 0 unspecified atom stereocenters. The third kappa shape index (κ3) is 2.32. The Kier molecular flexibility index (Phi) is 3.05. The van der Waals surface area contributed by atoms with Crippen LogP contribution in [0.4, 0.5) is 0 Å². The van der Waals surface area contributed by atoms with Gasteiger partial charge in [0, 0.05) is 41.6 Å². The van der Waals surface area contributed by atoms with E-state index in [1.54, 1.807) is 10.9 Å². The summed E-state index contributed by atoms with van der Waals surface area (Å²) in [5.41, 5.74) is 5.64. The largest absolute Gasteiger partial charge is 0.339 e. The van der Waals surface area contributed by atoms with E-state index in [4.69, 9.17) is 0 Å². The first-order valence-corrected chi connectivity index (χ1v) is 7.27. The zero-order valence-electron chi connectivity index (χ0n) is 12.5. The van der Waals surface area contributed by atoms with E-state index in [0.717, 1.165) is 39.7 Å². The van der Waals surface area contributed by atoms with Crippen LogP contribution in [-0.4, -0.2) is 26.0 Å². The fourth-order valence-electron chi connectivity index (χ4n) is 2.74. The lowest BCUT2D eigenvalue weighted by Crippen LogP contribution is -1.84. The minimum atomic E-state index is 0.666. The Labute approximate surface area is 132 Å². The van der Waals surface area contributed by atoms with E-state index in [1.165, 1.54) is 0 Å². The molecule has 0 amide bonds. The predicted molar refractivity (Wildman–Crippen MR) is 89.1 cm³/mol. The first kappa shape index (κ1) is 13.5. The van der Waals surface area contributed by atoms with E-state index < -0.39 is 0 Å². The number of carbonyl (C=O) groups is 1. The maximum Gasteiger partial charge on any atom is 0.150 e. The quantitative estimate of drug-likeness (QED) is 0.590. The van der Waals surface area contributed by atoms with Gasteiger partial charge in [-0.3, -0.25) is 9.48 Å². The number of fused-ring (bicyclic) bond motifs is 1. The number of benzene rings is 1. The molecular formula is C18H14N4O. The summed E-state index contributed by atoms with van der Waals surface area (Å²) >= 11 is 0. The highest BCUT2D eigenvalue weighted by Crippen LogP contribution is 2.30. The summed E-state index contributed by atoms with van der Waals surface area (Å²) in [7, 11) is 1.90. The van der Waals surface area contributed by atoms with Crippen molar-refractivity contribution in [1.82, 2.24) is 19.7 Å². The molecule has 0 bridgehead atoms. The first-order chi connectivity index (χ1) is 11.2. The van der Waals surface area contributed by atoms with Crippen molar-refractivity contribution < 1.29 is 4.79 Å². The third-order valence-electron chi connectivity index (χ3n) is 3.91. The molecule has 4 aromatic rings. The van der Waals surface area contributed by atoms with Crippen LogP contribution in [0, 0.1) is 0 Å². The van der Waals surface area contributed by atoms with E-state index in [-0.39, 0.29) is 0 Å². The van der Waals surface area contributed by atoms with Gasteiger partial charge in [-0.25, -0.2) is 4.98 Å². The molecule has 5 nitrogen and oxygen atoms in total. The van der Waals surface area contributed by atoms with Gasteiger partial charge in [0.25, 0.3) is 0 Å². The molecule has 0 saturated carbocycles. The average Bonchev–Trinajstić information content (AvgIpc) is 3.20. The molecule has 23 heavy (non-hydrogen) atoms. The highest BCUT2D eigenvalue weighted by Gasteiger charge is 2.10. The summed E-state index contributed by atoms with van der Waals surface area (Å²) in [5, 5.41) is 5.29. The van der Waals surface area contributed by atoms with Crippen molar-refractivity contribution in [3.05, 3.63) is 60.6 Å². The molecule has 0 radical (unpaired) electrons. The van der Waals surface area contributed by atoms with Gasteiger partial charge in [-0.15, -0.1) is 0 Å². The second-order valence-corrected chi connectivity index (χ2v) is 5.45. The first-order valence-electron chi connectivity index (χ1n) is 7.27. The van der Waals surface area contributed by atoms with Gasteiger partial charge < -0.3 is 4.98 Å². The summed E-state index contributed by atoms with van der Waals surface area (Å²) in [6, 6.07) is 11.6. The molecule has 5 heteroatoms. The fraction of sp³-hybridized carbons (Fsp3) is 0.0556. The van der Waals surface area contributed by atoms with Crippen LogP contribution in [-0.2, 0) is 7.05 Å². The lowest BCUT2D eigenvalue weighted by Gasteiger charge is -1.98. The van der Waals surface area contributed by atoms with Gasteiger partial charge in [0.15, 0.2) is 0 Å². The maximum absolute atomic E-state index is 10.8. The van der Waals surface area contributed by atoms with Gasteiger partial charge in [0.05, 0.1) is 6.20 Å². The average molecular weight is 302 g/mol. The number of pyridine rings is 1. The summed E-state index contributed by atoms with van der Waals surface area (Å²) in [5.74, 6) is 0. The van der Waals surface area contributed by atoms with Crippen LogP contribution in [0.25, 0.3) is 33.4 Å². The van der Waals surface area contributed by atoms with Crippen LogP contribution in [0.1, 0.15) is 10.4 Å². The number of aryl methyl sites for hydroxylation is 1. The molecule has 3 heterocycles. The molecule has 0 aliphatic carbocycles. The van der Waals surface area contributed by atoms with Crippen LogP contribution >= 0.6 is 0 Å². The number of aldehydes is 1. The zero-order valence-corrected chi connectivity index (χ0v) is 12.5. The smallest absolute Gasteiger partial charge is 0.150 e. The van der Waals surface area contributed by atoms with Crippen molar-refractivity contribution in [1.29, 1.82) is 0 Å². The van der Waals surface area contributed by atoms with E-state index in [1.807, 2.05) is 49.8 Å². The van der Waals surface area contributed by atoms with Crippen LogP contribution in [0.3, 0.4) is 0 Å². The second kappa shape index (κ2) is 5.21. The number of rotatable bonds is 3. The van der Waals surface area contributed by atoms with E-state index in [2.05, 4.69) is 21.1 Å². The SMILES string of the molecule is Cn1cc(-c2ccnc3[nH]c(-c4ccc(C=O)cc4)cc23)cn1. The van der Waals surface area contributed by atoms with Crippen LogP contribution < -0.4 is 0 Å². The topological polar surface area (TPSA) is 63.6 Å². The van der Waals surface area contributed by atoms with Crippen LogP contribution in [0.2, 0.25) is 0 Å². The Balaban J connectivity index is 1.85. The molecule has 112 valence electrons. The Morgan fingerprint density at radius 3 is 2.65 bits per heavy atom. The van der Waals surface area contributed by atoms with Gasteiger partial charge in [-0.1, -0.05) is 24.3 Å².